The van der Waals surface area contributed by atoms with E-state index in [1.54, 1.807) is 12.1 Å². The average molecular weight is 246 g/mol. The number of likely N-dealkylation sites (N-methyl/N-ethyl adjacent to an activating group) is 1. The zero-order chi connectivity index (χ0) is 13.1. The van der Waals surface area contributed by atoms with E-state index in [-0.39, 0.29) is 11.5 Å². The minimum Gasteiger partial charge on any atom is -0.302 e. The largest absolute Gasteiger partial charge is 0.302 e. The number of nitrogens with zero attached hydrogens (tertiary/aromatic N) is 2. The van der Waals surface area contributed by atoms with Crippen molar-refractivity contribution in [1.29, 1.82) is 0 Å². The smallest absolute Gasteiger partial charge is 0.269 e. The summed E-state index contributed by atoms with van der Waals surface area (Å²) in [5.74, 6) is 0.159. The van der Waals surface area contributed by atoms with Crippen LogP contribution in [0.2, 0.25) is 0 Å². The van der Waals surface area contributed by atoms with Gasteiger partial charge in [0.15, 0.2) is 5.78 Å². The quantitative estimate of drug-likeness (QED) is 0.454. The molecule has 1 aromatic rings. The minimum absolute atomic E-state index is 0.0595. The highest BCUT2D eigenvalue weighted by atomic mass is 16.6. The van der Waals surface area contributed by atoms with Crippen molar-refractivity contribution >= 4 is 17.5 Å². The summed E-state index contributed by atoms with van der Waals surface area (Å²) in [6.07, 6.45) is 2.34. The predicted molar refractivity (Wildman–Crippen MR) is 68.2 cm³/mol. The first-order valence-corrected chi connectivity index (χ1v) is 5.73. The highest BCUT2D eigenvalue weighted by molar-refractivity contribution is 6.00. The Balaban J connectivity index is 2.21. The summed E-state index contributed by atoms with van der Waals surface area (Å²) in [6, 6.07) is 6.22. The van der Waals surface area contributed by atoms with Gasteiger partial charge in [-0.15, -0.1) is 0 Å². The molecular weight excluding hydrogens is 232 g/mol. The number of ketones is 1. The Labute approximate surface area is 105 Å². The molecule has 18 heavy (non-hydrogen) atoms. The monoisotopic (exact) mass is 246 g/mol. The number of piperidine rings is 1. The van der Waals surface area contributed by atoms with Crippen LogP contribution >= 0.6 is 0 Å². The van der Waals surface area contributed by atoms with Gasteiger partial charge < -0.3 is 4.90 Å². The van der Waals surface area contributed by atoms with Gasteiger partial charge in [0.2, 0.25) is 0 Å². The van der Waals surface area contributed by atoms with Gasteiger partial charge in [0.25, 0.3) is 5.69 Å². The first-order chi connectivity index (χ1) is 8.56. The third kappa shape index (κ3) is 2.81. The van der Waals surface area contributed by atoms with E-state index in [0.29, 0.717) is 13.0 Å². The van der Waals surface area contributed by atoms with Gasteiger partial charge in [0.05, 0.1) is 4.92 Å². The van der Waals surface area contributed by atoms with E-state index in [4.69, 9.17) is 0 Å². The standard InChI is InChI=1S/C13H14N2O3/c1-14-7-6-13(16)11(9-14)8-10-2-4-12(5-3-10)15(17)18/h2-5,8H,6-7,9H2,1H3. The lowest BCUT2D eigenvalue weighted by atomic mass is 10.0. The number of nitro groups is 1. The lowest BCUT2D eigenvalue weighted by Crippen LogP contribution is -2.32. The van der Waals surface area contributed by atoms with Crippen molar-refractivity contribution in [2.45, 2.75) is 6.42 Å². The first kappa shape index (κ1) is 12.4. The lowest BCUT2D eigenvalue weighted by molar-refractivity contribution is -0.384. The normalized spacial score (nSPS) is 19.2. The van der Waals surface area contributed by atoms with E-state index in [1.807, 2.05) is 13.1 Å². The highest BCUT2D eigenvalue weighted by Crippen LogP contribution is 2.17. The van der Waals surface area contributed by atoms with E-state index in [2.05, 4.69) is 4.90 Å². The Bertz CT molecular complexity index is 505. The number of non-ortho nitro benzene ring substituents is 1. The Morgan fingerprint density at radius 3 is 2.61 bits per heavy atom. The maximum absolute atomic E-state index is 11.7. The molecule has 1 aromatic carbocycles. The highest BCUT2D eigenvalue weighted by Gasteiger charge is 2.18. The van der Waals surface area contributed by atoms with E-state index in [0.717, 1.165) is 17.7 Å². The molecule has 5 nitrogen and oxygen atoms in total. The van der Waals surface area contributed by atoms with Gasteiger partial charge in [-0.3, -0.25) is 14.9 Å². The van der Waals surface area contributed by atoms with Crippen LogP contribution in [0.4, 0.5) is 5.69 Å². The van der Waals surface area contributed by atoms with Crippen LogP contribution in [-0.2, 0) is 4.79 Å². The number of rotatable bonds is 2. The van der Waals surface area contributed by atoms with Crippen molar-refractivity contribution in [3.63, 3.8) is 0 Å². The molecular formula is C13H14N2O3. The van der Waals surface area contributed by atoms with Crippen LogP contribution in [0.15, 0.2) is 29.8 Å². The fraction of sp³-hybridized carbons (Fsp3) is 0.308. The van der Waals surface area contributed by atoms with Crippen LogP contribution in [0, 0.1) is 10.1 Å². The third-order valence-electron chi connectivity index (χ3n) is 2.96. The second kappa shape index (κ2) is 5.10. The van der Waals surface area contributed by atoms with Gasteiger partial charge in [-0.1, -0.05) is 0 Å². The summed E-state index contributed by atoms with van der Waals surface area (Å²) < 4.78 is 0. The molecule has 0 spiro atoms. The van der Waals surface area contributed by atoms with Crippen molar-refractivity contribution < 1.29 is 9.72 Å². The Hall–Kier alpha value is -2.01. The van der Waals surface area contributed by atoms with Crippen molar-refractivity contribution in [1.82, 2.24) is 4.90 Å². The molecule has 0 bridgehead atoms. The molecule has 1 aliphatic rings. The molecule has 1 aliphatic heterocycles. The Kier molecular flexibility index (Phi) is 3.53. The molecule has 0 amide bonds. The van der Waals surface area contributed by atoms with Crippen LogP contribution < -0.4 is 0 Å². The summed E-state index contributed by atoms with van der Waals surface area (Å²) in [4.78, 5) is 23.9. The maximum atomic E-state index is 11.7. The topological polar surface area (TPSA) is 63.5 Å². The molecule has 1 saturated heterocycles. The van der Waals surface area contributed by atoms with Crippen molar-refractivity contribution in [3.05, 3.63) is 45.5 Å². The van der Waals surface area contributed by atoms with Crippen LogP contribution in [0.3, 0.4) is 0 Å². The number of benzene rings is 1. The number of likely N-dealkylation sites (tertiary alicyclic amines) is 1. The van der Waals surface area contributed by atoms with Crippen molar-refractivity contribution in [2.75, 3.05) is 20.1 Å². The number of Topliss-reactive ketones (excluding diaryl/α,β-unsaturated/α-hetero) is 1. The molecule has 1 heterocycles. The first-order valence-electron chi connectivity index (χ1n) is 5.73. The molecule has 0 unspecified atom stereocenters. The minimum atomic E-state index is -0.434. The zero-order valence-corrected chi connectivity index (χ0v) is 10.1. The zero-order valence-electron chi connectivity index (χ0n) is 10.1. The molecule has 2 rings (SSSR count). The molecule has 94 valence electrons. The second-order valence-electron chi connectivity index (χ2n) is 4.43. The molecule has 0 saturated carbocycles. The summed E-state index contributed by atoms with van der Waals surface area (Å²) in [5.41, 5.74) is 1.64. The number of carbonyl (C=O) groups is 1. The Morgan fingerprint density at radius 1 is 1.33 bits per heavy atom. The van der Waals surface area contributed by atoms with Crippen molar-refractivity contribution in [3.8, 4) is 0 Å². The fourth-order valence-corrected chi connectivity index (χ4v) is 1.93. The predicted octanol–water partition coefficient (Wildman–Crippen LogP) is 1.88. The number of hydrogen-bond acceptors (Lipinski definition) is 4. The van der Waals surface area contributed by atoms with E-state index < -0.39 is 4.92 Å². The van der Waals surface area contributed by atoms with Gasteiger partial charge >= 0.3 is 0 Å². The van der Waals surface area contributed by atoms with Crippen LogP contribution in [0.1, 0.15) is 12.0 Å². The van der Waals surface area contributed by atoms with Gasteiger partial charge in [0.1, 0.15) is 0 Å². The third-order valence-corrected chi connectivity index (χ3v) is 2.96. The number of nitro benzene ring substituents is 1. The average Bonchev–Trinajstić information content (AvgIpc) is 2.34. The van der Waals surface area contributed by atoms with E-state index in [9.17, 15) is 14.9 Å². The molecule has 0 radical (unpaired) electrons. The molecule has 0 atom stereocenters. The number of carbonyl (C=O) groups excluding carboxylic acids is 1. The van der Waals surface area contributed by atoms with Gasteiger partial charge in [-0.05, 0) is 30.8 Å². The van der Waals surface area contributed by atoms with Gasteiger partial charge in [0, 0.05) is 37.2 Å². The Morgan fingerprint density at radius 2 is 2.00 bits per heavy atom. The van der Waals surface area contributed by atoms with Gasteiger partial charge in [-0.25, -0.2) is 0 Å². The van der Waals surface area contributed by atoms with E-state index in [1.165, 1.54) is 12.1 Å². The lowest BCUT2D eigenvalue weighted by Gasteiger charge is -2.23. The van der Waals surface area contributed by atoms with Gasteiger partial charge in [-0.2, -0.15) is 0 Å². The SMILES string of the molecule is CN1CCC(=O)C(=Cc2ccc([N+](=O)[O-])cc2)C1. The molecule has 0 aliphatic carbocycles. The van der Waals surface area contributed by atoms with Crippen LogP contribution in [0.5, 0.6) is 0 Å². The van der Waals surface area contributed by atoms with Crippen LogP contribution in [-0.4, -0.2) is 35.7 Å². The summed E-state index contributed by atoms with van der Waals surface area (Å²) in [7, 11) is 1.97. The van der Waals surface area contributed by atoms with E-state index >= 15 is 0 Å². The summed E-state index contributed by atoms with van der Waals surface area (Å²) in [5, 5.41) is 10.5. The summed E-state index contributed by atoms with van der Waals surface area (Å²) in [6.45, 7) is 1.42. The number of hydrogen-bond donors (Lipinski definition) is 0. The molecule has 0 N–H and O–H groups in total. The molecule has 0 aromatic heterocycles. The van der Waals surface area contributed by atoms with Crippen LogP contribution in [0.25, 0.3) is 6.08 Å². The molecule has 5 heteroatoms. The fourth-order valence-electron chi connectivity index (χ4n) is 1.93. The summed E-state index contributed by atoms with van der Waals surface area (Å²) >= 11 is 0. The van der Waals surface area contributed by atoms with Crippen molar-refractivity contribution in [2.24, 2.45) is 0 Å². The molecule has 1 fully saturated rings. The second-order valence-corrected chi connectivity index (χ2v) is 4.43. The maximum Gasteiger partial charge on any atom is 0.269 e.